The number of nitrogens with zero attached hydrogens (tertiary/aromatic N) is 1. The third-order valence-corrected chi connectivity index (χ3v) is 4.87. The van der Waals surface area contributed by atoms with Crippen LogP contribution in [0.25, 0.3) is 0 Å². The third kappa shape index (κ3) is 4.41. The summed E-state index contributed by atoms with van der Waals surface area (Å²) < 4.78 is 25.7. The van der Waals surface area contributed by atoms with Crippen molar-refractivity contribution < 1.29 is 8.42 Å². The molecule has 1 aliphatic carbocycles. The second-order valence-corrected chi connectivity index (χ2v) is 7.36. The van der Waals surface area contributed by atoms with Crippen LogP contribution in [0.15, 0.2) is 0 Å². The van der Waals surface area contributed by atoms with Crippen molar-refractivity contribution in [1.29, 1.82) is 0 Å². The molecular weight excluding hydrogens is 278 g/mol. The van der Waals surface area contributed by atoms with Crippen molar-refractivity contribution in [3.05, 3.63) is 0 Å². The molecule has 0 aromatic carbocycles. The van der Waals surface area contributed by atoms with Crippen molar-refractivity contribution in [1.82, 2.24) is 4.31 Å². The lowest BCUT2D eigenvalue weighted by atomic mass is 10.2. The highest BCUT2D eigenvalue weighted by Gasteiger charge is 2.36. The minimum absolute atomic E-state index is 0.291. The maximum atomic E-state index is 12.0. The van der Waals surface area contributed by atoms with E-state index in [1.807, 2.05) is 0 Å². The Labute approximate surface area is 101 Å². The van der Waals surface area contributed by atoms with Crippen molar-refractivity contribution in [3.63, 3.8) is 0 Å². The highest BCUT2D eigenvalue weighted by molar-refractivity contribution is 9.09. The summed E-state index contributed by atoms with van der Waals surface area (Å²) >= 11 is 3.31. The van der Waals surface area contributed by atoms with Gasteiger partial charge < -0.3 is 0 Å². The average molecular weight is 298 g/mol. The molecule has 5 heteroatoms. The van der Waals surface area contributed by atoms with Crippen LogP contribution in [-0.4, -0.2) is 36.4 Å². The Hall–Kier alpha value is 0.390. The van der Waals surface area contributed by atoms with Gasteiger partial charge in [0.15, 0.2) is 0 Å². The van der Waals surface area contributed by atoms with E-state index in [2.05, 4.69) is 29.8 Å². The number of hydrogen-bond donors (Lipinski definition) is 0. The van der Waals surface area contributed by atoms with Gasteiger partial charge in [0.2, 0.25) is 10.0 Å². The quantitative estimate of drug-likeness (QED) is 0.676. The topological polar surface area (TPSA) is 37.4 Å². The molecule has 0 aromatic rings. The number of sulfonamides is 1. The second-order valence-electron chi connectivity index (χ2n) is 4.53. The van der Waals surface area contributed by atoms with Crippen molar-refractivity contribution in [3.8, 4) is 0 Å². The summed E-state index contributed by atoms with van der Waals surface area (Å²) in [7, 11) is -3.01. The Bertz CT molecular complexity index is 286. The molecule has 0 saturated heterocycles. The summed E-state index contributed by atoms with van der Waals surface area (Å²) in [5.41, 5.74) is 0. The van der Waals surface area contributed by atoms with Gasteiger partial charge in [-0.15, -0.1) is 0 Å². The van der Waals surface area contributed by atoms with Gasteiger partial charge in [0.25, 0.3) is 0 Å². The summed E-state index contributed by atoms with van der Waals surface area (Å²) in [5.74, 6) is 0.749. The van der Waals surface area contributed by atoms with Crippen molar-refractivity contribution in [2.24, 2.45) is 5.92 Å². The largest absolute Gasteiger partial charge is 0.214 e. The summed E-state index contributed by atoms with van der Waals surface area (Å²) in [6, 6.07) is 0.291. The molecule has 1 rings (SSSR count). The first-order chi connectivity index (χ1) is 6.97. The van der Waals surface area contributed by atoms with Crippen LogP contribution in [0.3, 0.4) is 0 Å². The van der Waals surface area contributed by atoms with Crippen LogP contribution in [0.4, 0.5) is 0 Å². The van der Waals surface area contributed by atoms with Gasteiger partial charge in [-0.25, -0.2) is 8.42 Å². The molecule has 0 bridgehead atoms. The van der Waals surface area contributed by atoms with E-state index < -0.39 is 10.0 Å². The molecule has 0 unspecified atom stereocenters. The summed E-state index contributed by atoms with van der Waals surface area (Å²) in [5, 5.41) is 0.727. The fourth-order valence-electron chi connectivity index (χ4n) is 1.50. The molecule has 1 saturated carbocycles. The van der Waals surface area contributed by atoms with Gasteiger partial charge in [-0.2, -0.15) is 4.31 Å². The molecule has 0 heterocycles. The minimum atomic E-state index is -3.01. The Balaban J connectivity index is 2.55. The van der Waals surface area contributed by atoms with E-state index in [1.165, 1.54) is 0 Å². The molecule has 90 valence electrons. The molecule has 3 nitrogen and oxygen atoms in total. The van der Waals surface area contributed by atoms with Crippen molar-refractivity contribution in [2.75, 3.05) is 17.6 Å². The Morgan fingerprint density at radius 3 is 2.40 bits per heavy atom. The predicted molar refractivity (Wildman–Crippen MR) is 66.8 cm³/mol. The third-order valence-electron chi connectivity index (χ3n) is 2.57. The van der Waals surface area contributed by atoms with E-state index >= 15 is 0 Å². The zero-order valence-electron chi connectivity index (χ0n) is 9.45. The first-order valence-electron chi connectivity index (χ1n) is 5.53. The van der Waals surface area contributed by atoms with Gasteiger partial charge in [-0.05, 0) is 25.2 Å². The molecule has 0 amide bonds. The van der Waals surface area contributed by atoms with E-state index in [9.17, 15) is 8.42 Å². The second kappa shape index (κ2) is 5.64. The van der Waals surface area contributed by atoms with E-state index in [-0.39, 0.29) is 0 Å². The molecule has 0 aromatic heterocycles. The Morgan fingerprint density at radius 1 is 1.40 bits per heavy atom. The zero-order valence-corrected chi connectivity index (χ0v) is 11.8. The molecule has 1 fully saturated rings. The average Bonchev–Trinajstić information content (AvgIpc) is 2.94. The lowest BCUT2D eigenvalue weighted by molar-refractivity contribution is 0.420. The zero-order chi connectivity index (χ0) is 11.5. The van der Waals surface area contributed by atoms with Crippen molar-refractivity contribution in [2.45, 2.75) is 39.2 Å². The van der Waals surface area contributed by atoms with Crippen molar-refractivity contribution >= 4 is 26.0 Å². The van der Waals surface area contributed by atoms with Crippen LogP contribution in [0, 0.1) is 5.92 Å². The van der Waals surface area contributed by atoms with E-state index in [1.54, 1.807) is 4.31 Å². The van der Waals surface area contributed by atoms with Crippen LogP contribution in [0.2, 0.25) is 0 Å². The highest BCUT2D eigenvalue weighted by atomic mass is 79.9. The molecule has 15 heavy (non-hydrogen) atoms. The predicted octanol–water partition coefficient (Wildman–Crippen LogP) is 2.22. The van der Waals surface area contributed by atoms with Gasteiger partial charge in [-0.1, -0.05) is 29.8 Å². The summed E-state index contributed by atoms with van der Waals surface area (Å²) in [4.78, 5) is 0. The van der Waals surface area contributed by atoms with E-state index in [0.717, 1.165) is 24.6 Å². The first kappa shape index (κ1) is 13.5. The first-order valence-corrected chi connectivity index (χ1v) is 8.26. The van der Waals surface area contributed by atoms with E-state index in [4.69, 9.17) is 0 Å². The molecule has 0 spiro atoms. The van der Waals surface area contributed by atoms with E-state index in [0.29, 0.717) is 24.3 Å². The normalized spacial score (nSPS) is 17.7. The molecule has 0 radical (unpaired) electrons. The fourth-order valence-corrected chi connectivity index (χ4v) is 4.15. The molecule has 0 N–H and O–H groups in total. The summed E-state index contributed by atoms with van der Waals surface area (Å²) in [6.07, 6.45) is 2.83. The van der Waals surface area contributed by atoms with Crippen LogP contribution in [0.5, 0.6) is 0 Å². The van der Waals surface area contributed by atoms with Crippen LogP contribution in [0.1, 0.15) is 33.1 Å². The van der Waals surface area contributed by atoms with Gasteiger partial charge >= 0.3 is 0 Å². The summed E-state index contributed by atoms with van der Waals surface area (Å²) in [6.45, 7) is 4.73. The molecule has 1 aliphatic rings. The number of hydrogen-bond acceptors (Lipinski definition) is 2. The SMILES string of the molecule is CC(C)CCS(=O)(=O)N(CCBr)C1CC1. The Morgan fingerprint density at radius 2 is 2.00 bits per heavy atom. The molecular formula is C10H20BrNO2S. The van der Waals surface area contributed by atoms with Gasteiger partial charge in [-0.3, -0.25) is 0 Å². The fraction of sp³-hybridized carbons (Fsp3) is 1.00. The Kier molecular flexibility index (Phi) is 5.06. The van der Waals surface area contributed by atoms with Crippen LogP contribution in [-0.2, 0) is 10.0 Å². The van der Waals surface area contributed by atoms with Gasteiger partial charge in [0, 0.05) is 17.9 Å². The minimum Gasteiger partial charge on any atom is -0.212 e. The number of halogens is 1. The van der Waals surface area contributed by atoms with Gasteiger partial charge in [0.05, 0.1) is 5.75 Å². The smallest absolute Gasteiger partial charge is 0.212 e. The number of alkyl halides is 1. The maximum Gasteiger partial charge on any atom is 0.214 e. The lowest BCUT2D eigenvalue weighted by Gasteiger charge is -2.21. The monoisotopic (exact) mass is 297 g/mol. The lowest BCUT2D eigenvalue weighted by Crippen LogP contribution is -2.36. The molecule has 0 aliphatic heterocycles. The molecule has 0 atom stereocenters. The maximum absolute atomic E-state index is 12.0. The van der Waals surface area contributed by atoms with Gasteiger partial charge in [0.1, 0.15) is 0 Å². The number of rotatable bonds is 7. The highest BCUT2D eigenvalue weighted by Crippen LogP contribution is 2.29. The standard InChI is InChI=1S/C10H20BrNO2S/c1-9(2)5-8-15(13,14)12(7-6-11)10-3-4-10/h9-10H,3-8H2,1-2H3. The van der Waals surface area contributed by atoms with Crippen LogP contribution >= 0.6 is 15.9 Å². The van der Waals surface area contributed by atoms with Crippen LogP contribution < -0.4 is 0 Å².